The van der Waals surface area contributed by atoms with Crippen LogP contribution in [0.25, 0.3) is 0 Å². The lowest BCUT2D eigenvalue weighted by atomic mass is 10.0. The molecule has 0 aliphatic carbocycles. The molecule has 0 radical (unpaired) electrons. The Kier molecular flexibility index (Phi) is 7.72. The molecule has 0 aromatic heterocycles. The molecule has 0 aromatic rings. The largest absolute Gasteiger partial charge is 0.480 e. The van der Waals surface area contributed by atoms with Crippen molar-refractivity contribution in [3.8, 4) is 6.07 Å². The zero-order chi connectivity index (χ0) is 14.1. The first-order valence-corrected chi connectivity index (χ1v) is 5.96. The van der Waals surface area contributed by atoms with Crippen molar-refractivity contribution in [1.82, 2.24) is 5.32 Å². The highest BCUT2D eigenvalue weighted by molar-refractivity contribution is 5.86. The van der Waals surface area contributed by atoms with Crippen LogP contribution >= 0.6 is 0 Å². The molecule has 18 heavy (non-hydrogen) atoms. The number of nitriles is 1. The van der Waals surface area contributed by atoms with E-state index in [2.05, 4.69) is 5.32 Å². The smallest absolute Gasteiger partial charge is 0.326 e. The third-order valence-corrected chi connectivity index (χ3v) is 2.39. The van der Waals surface area contributed by atoms with Gasteiger partial charge >= 0.3 is 5.97 Å². The number of aliphatic hydroxyl groups excluding tert-OH is 1. The van der Waals surface area contributed by atoms with Gasteiger partial charge in [0, 0.05) is 6.42 Å². The molecule has 6 heteroatoms. The van der Waals surface area contributed by atoms with Gasteiger partial charge in [0.2, 0.25) is 5.91 Å². The first kappa shape index (κ1) is 16.4. The number of aliphatic carboxylic acids is 1. The SMILES string of the molecule is CC(C)C[C@@H](O)C(=O)N[C@@H](CCCC#N)C(=O)O. The molecular weight excluding hydrogens is 236 g/mol. The van der Waals surface area contributed by atoms with Crippen LogP contribution in [0.2, 0.25) is 0 Å². The minimum atomic E-state index is -1.19. The number of hydrogen-bond donors (Lipinski definition) is 3. The summed E-state index contributed by atoms with van der Waals surface area (Å²) in [5, 5.41) is 29.1. The molecule has 0 saturated heterocycles. The first-order valence-electron chi connectivity index (χ1n) is 5.96. The van der Waals surface area contributed by atoms with E-state index in [9.17, 15) is 14.7 Å². The maximum absolute atomic E-state index is 11.5. The van der Waals surface area contributed by atoms with Crippen LogP contribution in [0.4, 0.5) is 0 Å². The van der Waals surface area contributed by atoms with Crippen LogP contribution in [0, 0.1) is 17.2 Å². The van der Waals surface area contributed by atoms with Gasteiger partial charge in [0.25, 0.3) is 0 Å². The predicted octanol–water partition coefficient (Wildman–Crippen LogP) is 0.657. The number of rotatable bonds is 8. The Balaban J connectivity index is 4.27. The number of amides is 1. The molecule has 0 spiro atoms. The summed E-state index contributed by atoms with van der Waals surface area (Å²) >= 11 is 0. The molecule has 0 rings (SSSR count). The van der Waals surface area contributed by atoms with E-state index < -0.39 is 24.0 Å². The molecular formula is C12H20N2O4. The second-order valence-corrected chi connectivity index (χ2v) is 4.60. The Morgan fingerprint density at radius 1 is 1.39 bits per heavy atom. The van der Waals surface area contributed by atoms with Crippen LogP contribution in [0.5, 0.6) is 0 Å². The summed E-state index contributed by atoms with van der Waals surface area (Å²) in [5.41, 5.74) is 0. The average Bonchev–Trinajstić information content (AvgIpc) is 2.26. The fourth-order valence-corrected chi connectivity index (χ4v) is 1.46. The summed E-state index contributed by atoms with van der Waals surface area (Å²) in [5.74, 6) is -1.68. The highest BCUT2D eigenvalue weighted by Crippen LogP contribution is 2.06. The molecule has 0 fully saturated rings. The van der Waals surface area contributed by atoms with Crippen molar-refractivity contribution in [2.75, 3.05) is 0 Å². The van der Waals surface area contributed by atoms with Gasteiger partial charge in [-0.1, -0.05) is 13.8 Å². The maximum Gasteiger partial charge on any atom is 0.326 e. The number of carboxylic acids is 1. The molecule has 3 N–H and O–H groups in total. The standard InChI is InChI=1S/C12H20N2O4/c1-8(2)7-10(15)11(16)14-9(12(17)18)5-3-4-6-13/h8-10,15H,3-5,7H2,1-2H3,(H,14,16)(H,17,18)/t9-,10+/m0/s1. The third kappa shape index (κ3) is 6.86. The van der Waals surface area contributed by atoms with Gasteiger partial charge in [-0.2, -0.15) is 5.26 Å². The number of nitrogens with one attached hydrogen (secondary N) is 1. The van der Waals surface area contributed by atoms with Gasteiger partial charge in [-0.25, -0.2) is 4.79 Å². The van der Waals surface area contributed by atoms with Gasteiger partial charge in [-0.3, -0.25) is 4.79 Å². The van der Waals surface area contributed by atoms with Crippen LogP contribution in [-0.2, 0) is 9.59 Å². The fourth-order valence-electron chi connectivity index (χ4n) is 1.46. The summed E-state index contributed by atoms with van der Waals surface area (Å²) in [6.45, 7) is 3.72. The molecule has 0 unspecified atom stereocenters. The third-order valence-electron chi connectivity index (χ3n) is 2.39. The number of carbonyl (C=O) groups excluding carboxylic acids is 1. The summed E-state index contributed by atoms with van der Waals surface area (Å²) in [6, 6.07) is 0.861. The Labute approximate surface area is 107 Å². The number of hydrogen-bond acceptors (Lipinski definition) is 4. The Morgan fingerprint density at radius 2 is 2.00 bits per heavy atom. The molecule has 6 nitrogen and oxygen atoms in total. The van der Waals surface area contributed by atoms with Crippen LogP contribution < -0.4 is 5.32 Å². The molecule has 0 aromatic carbocycles. The van der Waals surface area contributed by atoms with Crippen molar-refractivity contribution in [3.63, 3.8) is 0 Å². The molecule has 2 atom stereocenters. The molecule has 0 bridgehead atoms. The van der Waals surface area contributed by atoms with Crippen molar-refractivity contribution in [1.29, 1.82) is 5.26 Å². The summed E-state index contributed by atoms with van der Waals surface area (Å²) < 4.78 is 0. The van der Waals surface area contributed by atoms with Crippen molar-refractivity contribution in [3.05, 3.63) is 0 Å². The van der Waals surface area contributed by atoms with Gasteiger partial charge in [0.1, 0.15) is 12.1 Å². The minimum absolute atomic E-state index is 0.146. The quantitative estimate of drug-likeness (QED) is 0.552. The van der Waals surface area contributed by atoms with Gasteiger partial charge in [-0.15, -0.1) is 0 Å². The van der Waals surface area contributed by atoms with E-state index >= 15 is 0 Å². The van der Waals surface area contributed by atoms with Gasteiger partial charge in [-0.05, 0) is 25.2 Å². The zero-order valence-corrected chi connectivity index (χ0v) is 10.7. The lowest BCUT2D eigenvalue weighted by Crippen LogP contribution is -2.45. The lowest BCUT2D eigenvalue weighted by molar-refractivity contribution is -0.143. The van der Waals surface area contributed by atoms with Crippen molar-refractivity contribution in [2.45, 2.75) is 51.7 Å². The van der Waals surface area contributed by atoms with Gasteiger partial charge in [0.15, 0.2) is 0 Å². The highest BCUT2D eigenvalue weighted by Gasteiger charge is 2.23. The first-order chi connectivity index (χ1) is 8.38. The number of unbranched alkanes of at least 4 members (excludes halogenated alkanes) is 1. The van der Waals surface area contributed by atoms with E-state index in [1.807, 2.05) is 19.9 Å². The van der Waals surface area contributed by atoms with Gasteiger partial charge in [0.05, 0.1) is 6.07 Å². The molecule has 0 aliphatic heterocycles. The fraction of sp³-hybridized carbons (Fsp3) is 0.750. The topological polar surface area (TPSA) is 110 Å². The lowest BCUT2D eigenvalue weighted by Gasteiger charge is -2.17. The number of aliphatic hydroxyl groups is 1. The van der Waals surface area contributed by atoms with Crippen molar-refractivity contribution in [2.24, 2.45) is 5.92 Å². The molecule has 0 aliphatic rings. The number of carbonyl (C=O) groups is 2. The maximum atomic E-state index is 11.5. The molecule has 1 amide bonds. The zero-order valence-electron chi connectivity index (χ0n) is 10.7. The second kappa shape index (κ2) is 8.48. The van der Waals surface area contributed by atoms with Crippen LogP contribution in [0.15, 0.2) is 0 Å². The normalized spacial score (nSPS) is 13.7. The Bertz CT molecular complexity index is 323. The Morgan fingerprint density at radius 3 is 2.44 bits per heavy atom. The Hall–Kier alpha value is -1.61. The van der Waals surface area contributed by atoms with Crippen LogP contribution in [0.1, 0.15) is 39.5 Å². The van der Waals surface area contributed by atoms with E-state index in [0.29, 0.717) is 6.42 Å². The van der Waals surface area contributed by atoms with E-state index in [0.717, 1.165) is 0 Å². The van der Waals surface area contributed by atoms with Crippen LogP contribution in [-0.4, -0.2) is 34.2 Å². The summed E-state index contributed by atoms with van der Waals surface area (Å²) in [7, 11) is 0. The number of nitrogens with zero attached hydrogens (tertiary/aromatic N) is 1. The second-order valence-electron chi connectivity index (χ2n) is 4.60. The monoisotopic (exact) mass is 256 g/mol. The summed E-state index contributed by atoms with van der Waals surface area (Å²) in [4.78, 5) is 22.4. The van der Waals surface area contributed by atoms with E-state index in [1.54, 1.807) is 0 Å². The molecule has 0 heterocycles. The van der Waals surface area contributed by atoms with Gasteiger partial charge < -0.3 is 15.5 Å². The van der Waals surface area contributed by atoms with Crippen molar-refractivity contribution < 1.29 is 19.8 Å². The average molecular weight is 256 g/mol. The van der Waals surface area contributed by atoms with Crippen molar-refractivity contribution >= 4 is 11.9 Å². The number of carboxylic acid groups (broad SMARTS) is 1. The van der Waals surface area contributed by atoms with Crippen LogP contribution in [0.3, 0.4) is 0 Å². The highest BCUT2D eigenvalue weighted by atomic mass is 16.4. The van der Waals surface area contributed by atoms with E-state index in [4.69, 9.17) is 10.4 Å². The van der Waals surface area contributed by atoms with E-state index in [-0.39, 0.29) is 25.2 Å². The molecule has 0 saturated carbocycles. The predicted molar refractivity (Wildman–Crippen MR) is 64.5 cm³/mol. The minimum Gasteiger partial charge on any atom is -0.480 e. The molecule has 102 valence electrons. The summed E-state index contributed by atoms with van der Waals surface area (Å²) in [6.07, 6.45) is -0.0791. The van der Waals surface area contributed by atoms with E-state index in [1.165, 1.54) is 0 Å².